The van der Waals surface area contributed by atoms with Gasteiger partial charge >= 0.3 is 0 Å². The Hall–Kier alpha value is -1.88. The van der Waals surface area contributed by atoms with Gasteiger partial charge in [-0.25, -0.2) is 0 Å². The van der Waals surface area contributed by atoms with Gasteiger partial charge in [0.15, 0.2) is 5.78 Å². The van der Waals surface area contributed by atoms with Crippen molar-refractivity contribution in [3.8, 4) is 5.75 Å². The molecule has 2 aliphatic rings. The lowest BCUT2D eigenvalue weighted by atomic mass is 10.1. The van der Waals surface area contributed by atoms with Crippen LogP contribution in [0.1, 0.15) is 23.2 Å². The van der Waals surface area contributed by atoms with Gasteiger partial charge in [0.2, 0.25) is 5.91 Å². The van der Waals surface area contributed by atoms with E-state index >= 15 is 0 Å². The molecule has 0 aromatic heterocycles. The predicted molar refractivity (Wildman–Crippen MR) is 78.5 cm³/mol. The zero-order valence-electron chi connectivity index (χ0n) is 12.2. The van der Waals surface area contributed by atoms with E-state index in [0.717, 1.165) is 26.1 Å². The number of para-hydroxylation sites is 1. The molecule has 0 bridgehead atoms. The van der Waals surface area contributed by atoms with E-state index in [2.05, 4.69) is 4.90 Å². The minimum absolute atomic E-state index is 0.0743. The highest BCUT2D eigenvalue weighted by Crippen LogP contribution is 2.24. The van der Waals surface area contributed by atoms with Crippen LogP contribution in [0.3, 0.4) is 0 Å². The Morgan fingerprint density at radius 1 is 1.33 bits per heavy atom. The van der Waals surface area contributed by atoms with Crippen molar-refractivity contribution in [2.24, 2.45) is 0 Å². The van der Waals surface area contributed by atoms with Gasteiger partial charge in [0.1, 0.15) is 5.75 Å². The first-order valence-corrected chi connectivity index (χ1v) is 7.37. The normalized spacial score (nSPS) is 22.2. The second-order valence-corrected chi connectivity index (χ2v) is 5.64. The van der Waals surface area contributed by atoms with Gasteiger partial charge in [-0.2, -0.15) is 0 Å². The quantitative estimate of drug-likeness (QED) is 0.781. The zero-order chi connectivity index (χ0) is 14.8. The number of fused-ring (bicyclic) bond motifs is 1. The molecule has 2 fully saturated rings. The van der Waals surface area contributed by atoms with Crippen LogP contribution in [-0.2, 0) is 4.79 Å². The largest absolute Gasteiger partial charge is 0.496 e. The first kappa shape index (κ1) is 14.1. The van der Waals surface area contributed by atoms with Gasteiger partial charge in [-0.05, 0) is 18.6 Å². The van der Waals surface area contributed by atoms with Crippen LogP contribution in [0.5, 0.6) is 5.75 Å². The summed E-state index contributed by atoms with van der Waals surface area (Å²) in [4.78, 5) is 28.2. The van der Waals surface area contributed by atoms with Gasteiger partial charge in [-0.1, -0.05) is 12.1 Å². The third kappa shape index (κ3) is 2.78. The summed E-state index contributed by atoms with van der Waals surface area (Å²) in [6.07, 6.45) is 1.57. The highest BCUT2D eigenvalue weighted by molar-refractivity contribution is 6.00. The topological polar surface area (TPSA) is 49.9 Å². The fourth-order valence-electron chi connectivity index (χ4n) is 3.24. The van der Waals surface area contributed by atoms with E-state index in [4.69, 9.17) is 4.74 Å². The fourth-order valence-corrected chi connectivity index (χ4v) is 3.24. The molecule has 2 saturated heterocycles. The monoisotopic (exact) mass is 288 g/mol. The molecule has 0 spiro atoms. The van der Waals surface area contributed by atoms with E-state index in [0.29, 0.717) is 24.3 Å². The number of methoxy groups -OCH3 is 1. The predicted octanol–water partition coefficient (Wildman–Crippen LogP) is 1.18. The maximum absolute atomic E-state index is 12.4. The summed E-state index contributed by atoms with van der Waals surface area (Å²) in [5.41, 5.74) is 0.630. The first-order valence-electron chi connectivity index (χ1n) is 7.37. The lowest BCUT2D eigenvalue weighted by Crippen LogP contribution is -2.52. The molecule has 1 aromatic carbocycles. The average Bonchev–Trinajstić information content (AvgIpc) is 2.88. The number of nitrogens with zero attached hydrogens (tertiary/aromatic N) is 2. The van der Waals surface area contributed by atoms with Crippen molar-refractivity contribution in [1.29, 1.82) is 0 Å². The highest BCUT2D eigenvalue weighted by Gasteiger charge is 2.35. The van der Waals surface area contributed by atoms with Crippen molar-refractivity contribution < 1.29 is 14.3 Å². The summed E-state index contributed by atoms with van der Waals surface area (Å²) < 4.78 is 5.25. The molecule has 5 nitrogen and oxygen atoms in total. The minimum Gasteiger partial charge on any atom is -0.496 e. The standard InChI is InChI=1S/C16H20N2O3/c1-21-15-5-3-2-4-13(15)14(19)11-17-8-9-18-12(10-17)6-7-16(18)20/h2-5,12H,6-11H2,1H3. The third-order valence-electron chi connectivity index (χ3n) is 4.35. The third-order valence-corrected chi connectivity index (χ3v) is 4.35. The number of carbonyl (C=O) groups is 2. The Morgan fingerprint density at radius 3 is 2.95 bits per heavy atom. The molecule has 1 aromatic rings. The molecule has 5 heteroatoms. The molecule has 0 saturated carbocycles. The number of carbonyl (C=O) groups excluding carboxylic acids is 2. The molecule has 1 atom stereocenters. The minimum atomic E-state index is 0.0743. The molecule has 2 aliphatic heterocycles. The lowest BCUT2D eigenvalue weighted by molar-refractivity contribution is -0.130. The van der Waals surface area contributed by atoms with Crippen LogP contribution >= 0.6 is 0 Å². The summed E-state index contributed by atoms with van der Waals surface area (Å²) in [5.74, 6) is 0.957. The average molecular weight is 288 g/mol. The molecule has 0 aliphatic carbocycles. The first-order chi connectivity index (χ1) is 10.2. The van der Waals surface area contributed by atoms with Crippen molar-refractivity contribution >= 4 is 11.7 Å². The van der Waals surface area contributed by atoms with E-state index in [-0.39, 0.29) is 17.7 Å². The van der Waals surface area contributed by atoms with Gasteiger partial charge in [0, 0.05) is 32.1 Å². The molecule has 0 radical (unpaired) electrons. The molecular formula is C16H20N2O3. The van der Waals surface area contributed by atoms with Gasteiger partial charge < -0.3 is 9.64 Å². The zero-order valence-corrected chi connectivity index (χ0v) is 12.2. The van der Waals surface area contributed by atoms with Crippen molar-refractivity contribution in [2.75, 3.05) is 33.3 Å². The van der Waals surface area contributed by atoms with Crippen LogP contribution < -0.4 is 4.74 Å². The maximum Gasteiger partial charge on any atom is 0.222 e. The number of benzene rings is 1. The van der Waals surface area contributed by atoms with Crippen molar-refractivity contribution in [1.82, 2.24) is 9.80 Å². The highest BCUT2D eigenvalue weighted by atomic mass is 16.5. The van der Waals surface area contributed by atoms with Crippen molar-refractivity contribution in [3.05, 3.63) is 29.8 Å². The molecule has 1 unspecified atom stereocenters. The van der Waals surface area contributed by atoms with Gasteiger partial charge in [-0.15, -0.1) is 0 Å². The number of piperazine rings is 1. The molecule has 3 rings (SSSR count). The van der Waals surface area contributed by atoms with Gasteiger partial charge in [-0.3, -0.25) is 14.5 Å². The van der Waals surface area contributed by atoms with Crippen LogP contribution in [0.25, 0.3) is 0 Å². The summed E-state index contributed by atoms with van der Waals surface area (Å²) >= 11 is 0. The summed E-state index contributed by atoms with van der Waals surface area (Å²) in [6, 6.07) is 7.61. The van der Waals surface area contributed by atoms with E-state index < -0.39 is 0 Å². The van der Waals surface area contributed by atoms with Crippen LogP contribution in [0.4, 0.5) is 0 Å². The number of ketones is 1. The van der Waals surface area contributed by atoms with Crippen LogP contribution in [-0.4, -0.2) is 60.8 Å². The van der Waals surface area contributed by atoms with E-state index in [1.807, 2.05) is 17.0 Å². The molecule has 112 valence electrons. The second kappa shape index (κ2) is 5.85. The van der Waals surface area contributed by atoms with Gasteiger partial charge in [0.05, 0.1) is 19.2 Å². The number of hydrogen-bond acceptors (Lipinski definition) is 4. The Bertz CT molecular complexity index is 558. The van der Waals surface area contributed by atoms with Crippen LogP contribution in [0.15, 0.2) is 24.3 Å². The van der Waals surface area contributed by atoms with Crippen molar-refractivity contribution in [2.45, 2.75) is 18.9 Å². The summed E-state index contributed by atoms with van der Waals surface area (Å²) in [6.45, 7) is 2.69. The fraction of sp³-hybridized carbons (Fsp3) is 0.500. The number of rotatable bonds is 4. The number of hydrogen-bond donors (Lipinski definition) is 0. The van der Waals surface area contributed by atoms with Crippen LogP contribution in [0.2, 0.25) is 0 Å². The van der Waals surface area contributed by atoms with Crippen molar-refractivity contribution in [3.63, 3.8) is 0 Å². The Kier molecular flexibility index (Phi) is 3.92. The number of Topliss-reactive ketones (excluding diaryl/α,β-unsaturated/α-hetero) is 1. The van der Waals surface area contributed by atoms with E-state index in [9.17, 15) is 9.59 Å². The Morgan fingerprint density at radius 2 is 2.14 bits per heavy atom. The number of ether oxygens (including phenoxy) is 1. The Labute approximate surface area is 124 Å². The maximum atomic E-state index is 12.4. The van der Waals surface area contributed by atoms with Crippen LogP contribution in [0, 0.1) is 0 Å². The summed E-state index contributed by atoms with van der Waals surface area (Å²) in [7, 11) is 1.58. The summed E-state index contributed by atoms with van der Waals surface area (Å²) in [5, 5.41) is 0. The lowest BCUT2D eigenvalue weighted by Gasteiger charge is -2.37. The molecule has 0 N–H and O–H groups in total. The molecule has 1 amide bonds. The molecule has 2 heterocycles. The van der Waals surface area contributed by atoms with E-state index in [1.54, 1.807) is 19.2 Å². The molecular weight excluding hydrogens is 268 g/mol. The Balaban J connectivity index is 1.64. The van der Waals surface area contributed by atoms with E-state index in [1.165, 1.54) is 0 Å². The smallest absolute Gasteiger partial charge is 0.222 e. The second-order valence-electron chi connectivity index (χ2n) is 5.64. The van der Waals surface area contributed by atoms with Gasteiger partial charge in [0.25, 0.3) is 0 Å². The molecule has 21 heavy (non-hydrogen) atoms. The SMILES string of the molecule is COc1ccccc1C(=O)CN1CCN2C(=O)CCC2C1. The number of amides is 1.